The van der Waals surface area contributed by atoms with Crippen LogP contribution in [0, 0.1) is 17.1 Å². The fourth-order valence-electron chi connectivity index (χ4n) is 1.76. The monoisotopic (exact) mass is 236 g/mol. The van der Waals surface area contributed by atoms with E-state index in [9.17, 15) is 9.50 Å². The van der Waals surface area contributed by atoms with Gasteiger partial charge in [0.05, 0.1) is 12.5 Å². The number of hydrogen-bond donors (Lipinski definition) is 2. The van der Waals surface area contributed by atoms with E-state index < -0.39 is 5.82 Å². The molecule has 2 unspecified atom stereocenters. The fraction of sp³-hybridized carbons (Fsp3) is 0.462. The number of halogens is 1. The quantitative estimate of drug-likeness (QED) is 0.826. The Morgan fingerprint density at radius 3 is 2.76 bits per heavy atom. The molecule has 0 amide bonds. The van der Waals surface area contributed by atoms with Crippen molar-refractivity contribution in [2.45, 2.75) is 38.8 Å². The average molecular weight is 236 g/mol. The van der Waals surface area contributed by atoms with Crippen molar-refractivity contribution < 1.29 is 9.50 Å². The lowest BCUT2D eigenvalue weighted by molar-refractivity contribution is 0.417. The molecule has 92 valence electrons. The third kappa shape index (κ3) is 3.72. The smallest absolute Gasteiger partial charge is 0.126 e. The lowest BCUT2D eigenvalue weighted by atomic mass is 10.0. The van der Waals surface area contributed by atoms with Crippen molar-refractivity contribution in [1.29, 1.82) is 5.26 Å². The molecule has 0 heterocycles. The second kappa shape index (κ2) is 6.21. The molecule has 1 aromatic carbocycles. The van der Waals surface area contributed by atoms with Crippen molar-refractivity contribution in [3.8, 4) is 11.8 Å². The van der Waals surface area contributed by atoms with Gasteiger partial charge in [0.25, 0.3) is 0 Å². The Labute approximate surface area is 101 Å². The van der Waals surface area contributed by atoms with E-state index in [1.807, 2.05) is 13.8 Å². The summed E-state index contributed by atoms with van der Waals surface area (Å²) >= 11 is 0. The van der Waals surface area contributed by atoms with Crippen LogP contribution in [0.5, 0.6) is 5.75 Å². The maximum atomic E-state index is 12.8. The summed E-state index contributed by atoms with van der Waals surface area (Å²) < 4.78 is 12.8. The zero-order valence-corrected chi connectivity index (χ0v) is 10.1. The molecule has 0 aliphatic carbocycles. The first-order chi connectivity index (χ1) is 8.08. The van der Waals surface area contributed by atoms with Crippen LogP contribution in [0.4, 0.5) is 4.39 Å². The summed E-state index contributed by atoms with van der Waals surface area (Å²) in [5.74, 6) is -0.515. The summed E-state index contributed by atoms with van der Waals surface area (Å²) in [6.45, 7) is 3.87. The number of nitriles is 1. The average Bonchev–Trinajstić information content (AvgIpc) is 2.28. The Morgan fingerprint density at radius 1 is 1.53 bits per heavy atom. The van der Waals surface area contributed by atoms with Gasteiger partial charge in [0.1, 0.15) is 11.6 Å². The van der Waals surface area contributed by atoms with Gasteiger partial charge in [-0.2, -0.15) is 5.26 Å². The minimum Gasteiger partial charge on any atom is -0.508 e. The maximum Gasteiger partial charge on any atom is 0.126 e. The van der Waals surface area contributed by atoms with Crippen molar-refractivity contribution in [3.05, 3.63) is 29.6 Å². The van der Waals surface area contributed by atoms with Crippen molar-refractivity contribution >= 4 is 0 Å². The number of aromatic hydroxyl groups is 1. The normalized spacial score (nSPS) is 14.0. The fourth-order valence-corrected chi connectivity index (χ4v) is 1.76. The summed E-state index contributed by atoms with van der Waals surface area (Å²) in [6, 6.07) is 6.05. The predicted octanol–water partition coefficient (Wildman–Crippen LogP) is 2.87. The lowest BCUT2D eigenvalue weighted by Gasteiger charge is -2.21. The molecule has 4 heteroatoms. The molecule has 1 rings (SSSR count). The number of phenolic OH excluding ortho intramolecular Hbond substituents is 1. The SMILES string of the molecule is CCC(CC#N)NC(C)c1ccc(F)cc1O. The lowest BCUT2D eigenvalue weighted by Crippen LogP contribution is -2.30. The van der Waals surface area contributed by atoms with Crippen LogP contribution < -0.4 is 5.32 Å². The molecule has 0 saturated carbocycles. The predicted molar refractivity (Wildman–Crippen MR) is 63.9 cm³/mol. The third-order valence-electron chi connectivity index (χ3n) is 2.78. The van der Waals surface area contributed by atoms with Gasteiger partial charge in [0, 0.05) is 23.7 Å². The van der Waals surface area contributed by atoms with E-state index in [-0.39, 0.29) is 17.8 Å². The highest BCUT2D eigenvalue weighted by atomic mass is 19.1. The molecular formula is C13H17FN2O. The largest absolute Gasteiger partial charge is 0.508 e. The van der Waals surface area contributed by atoms with E-state index in [0.29, 0.717) is 12.0 Å². The number of benzene rings is 1. The van der Waals surface area contributed by atoms with E-state index in [4.69, 9.17) is 5.26 Å². The number of rotatable bonds is 5. The van der Waals surface area contributed by atoms with Gasteiger partial charge in [0.15, 0.2) is 0 Å². The van der Waals surface area contributed by atoms with E-state index in [1.54, 1.807) is 6.07 Å². The summed E-state index contributed by atoms with van der Waals surface area (Å²) in [7, 11) is 0. The van der Waals surface area contributed by atoms with E-state index in [1.165, 1.54) is 6.07 Å². The van der Waals surface area contributed by atoms with E-state index in [2.05, 4.69) is 11.4 Å². The minimum absolute atomic E-state index is 0.0585. The minimum atomic E-state index is -0.456. The van der Waals surface area contributed by atoms with Gasteiger partial charge in [-0.05, 0) is 19.4 Å². The summed E-state index contributed by atoms with van der Waals surface area (Å²) in [5, 5.41) is 21.5. The molecule has 1 aromatic rings. The van der Waals surface area contributed by atoms with E-state index >= 15 is 0 Å². The summed E-state index contributed by atoms with van der Waals surface area (Å²) in [4.78, 5) is 0. The van der Waals surface area contributed by atoms with Gasteiger partial charge >= 0.3 is 0 Å². The van der Waals surface area contributed by atoms with Crippen molar-refractivity contribution in [3.63, 3.8) is 0 Å². The van der Waals surface area contributed by atoms with Gasteiger partial charge in [-0.25, -0.2) is 4.39 Å². The number of phenols is 1. The summed E-state index contributed by atoms with van der Waals surface area (Å²) in [5.41, 5.74) is 0.641. The van der Waals surface area contributed by atoms with Crippen LogP contribution in [-0.4, -0.2) is 11.1 Å². The molecular weight excluding hydrogens is 219 g/mol. The highest BCUT2D eigenvalue weighted by molar-refractivity contribution is 5.34. The second-order valence-corrected chi connectivity index (χ2v) is 4.06. The highest BCUT2D eigenvalue weighted by Gasteiger charge is 2.14. The van der Waals surface area contributed by atoms with Crippen LogP contribution in [0.25, 0.3) is 0 Å². The van der Waals surface area contributed by atoms with Crippen LogP contribution in [0.3, 0.4) is 0 Å². The Bertz CT molecular complexity index is 414. The zero-order chi connectivity index (χ0) is 12.8. The van der Waals surface area contributed by atoms with E-state index in [0.717, 1.165) is 12.5 Å². The molecule has 17 heavy (non-hydrogen) atoms. The molecule has 2 atom stereocenters. The Kier molecular flexibility index (Phi) is 4.92. The first-order valence-electron chi connectivity index (χ1n) is 5.69. The molecule has 0 aliphatic rings. The number of nitrogens with one attached hydrogen (secondary N) is 1. The number of hydrogen-bond acceptors (Lipinski definition) is 3. The van der Waals surface area contributed by atoms with Gasteiger partial charge in [-0.1, -0.05) is 13.0 Å². The van der Waals surface area contributed by atoms with Gasteiger partial charge in [-0.15, -0.1) is 0 Å². The first-order valence-corrected chi connectivity index (χ1v) is 5.69. The molecule has 2 N–H and O–H groups in total. The van der Waals surface area contributed by atoms with Crippen LogP contribution in [0.2, 0.25) is 0 Å². The first kappa shape index (κ1) is 13.5. The topological polar surface area (TPSA) is 56.0 Å². The molecule has 0 saturated heterocycles. The van der Waals surface area contributed by atoms with Gasteiger partial charge in [-0.3, -0.25) is 0 Å². The molecule has 3 nitrogen and oxygen atoms in total. The second-order valence-electron chi connectivity index (χ2n) is 4.06. The standard InChI is InChI=1S/C13H17FN2O/c1-3-11(6-7-15)16-9(2)12-5-4-10(14)8-13(12)17/h4-5,8-9,11,16-17H,3,6H2,1-2H3. The Morgan fingerprint density at radius 2 is 2.24 bits per heavy atom. The van der Waals surface area contributed by atoms with Crippen LogP contribution in [0.1, 0.15) is 38.3 Å². The van der Waals surface area contributed by atoms with Gasteiger partial charge < -0.3 is 10.4 Å². The van der Waals surface area contributed by atoms with Crippen LogP contribution >= 0.6 is 0 Å². The van der Waals surface area contributed by atoms with Crippen molar-refractivity contribution in [2.75, 3.05) is 0 Å². The molecule has 0 fully saturated rings. The zero-order valence-electron chi connectivity index (χ0n) is 10.1. The molecule has 0 radical (unpaired) electrons. The Balaban J connectivity index is 2.75. The van der Waals surface area contributed by atoms with Crippen molar-refractivity contribution in [2.24, 2.45) is 0 Å². The van der Waals surface area contributed by atoms with Crippen molar-refractivity contribution in [1.82, 2.24) is 5.32 Å². The molecule has 0 aliphatic heterocycles. The van der Waals surface area contributed by atoms with Gasteiger partial charge in [0.2, 0.25) is 0 Å². The van der Waals surface area contributed by atoms with Crippen LogP contribution in [0.15, 0.2) is 18.2 Å². The molecule has 0 aromatic heterocycles. The third-order valence-corrected chi connectivity index (χ3v) is 2.78. The maximum absolute atomic E-state index is 12.8. The Hall–Kier alpha value is -1.60. The highest BCUT2D eigenvalue weighted by Crippen LogP contribution is 2.25. The van der Waals surface area contributed by atoms with Crippen LogP contribution in [-0.2, 0) is 0 Å². The summed E-state index contributed by atoms with van der Waals surface area (Å²) in [6.07, 6.45) is 1.25. The number of nitrogens with zero attached hydrogens (tertiary/aromatic N) is 1. The molecule has 0 spiro atoms. The molecule has 0 bridgehead atoms.